The van der Waals surface area contributed by atoms with Crippen LogP contribution in [0.5, 0.6) is 5.75 Å². The van der Waals surface area contributed by atoms with Crippen molar-refractivity contribution in [2.24, 2.45) is 11.8 Å². The molecule has 0 aliphatic carbocycles. The van der Waals surface area contributed by atoms with Gasteiger partial charge in [-0.2, -0.15) is 0 Å². The van der Waals surface area contributed by atoms with Crippen LogP contribution < -0.4 is 15.4 Å². The Morgan fingerprint density at radius 3 is 2.08 bits per heavy atom. The number of rotatable bonds is 14. The Morgan fingerprint density at radius 1 is 0.796 bits per heavy atom. The maximum Gasteiger partial charge on any atom is 0.318 e. The molecule has 0 saturated carbocycles. The first-order valence-corrected chi connectivity index (χ1v) is 18.4. The second kappa shape index (κ2) is 19.2. The zero-order chi connectivity index (χ0) is 35.2. The highest BCUT2D eigenvalue weighted by Crippen LogP contribution is 2.22. The van der Waals surface area contributed by atoms with Gasteiger partial charge in [-0.05, 0) is 75.1 Å². The van der Waals surface area contributed by atoms with E-state index >= 15 is 0 Å². The molecule has 2 aliphatic rings. The van der Waals surface area contributed by atoms with Gasteiger partial charge in [0, 0.05) is 45.7 Å². The number of carbonyl (C=O) groups excluding carboxylic acids is 4. The molecule has 0 aromatic heterocycles. The van der Waals surface area contributed by atoms with E-state index in [-0.39, 0.29) is 42.0 Å². The number of ether oxygens (including phenoxy) is 1. The van der Waals surface area contributed by atoms with Gasteiger partial charge >= 0.3 is 6.03 Å². The van der Waals surface area contributed by atoms with Crippen molar-refractivity contribution in [3.63, 3.8) is 0 Å². The number of urea groups is 1. The molecular weight excluding hydrogens is 618 g/mol. The quantitative estimate of drug-likeness (QED) is 0.279. The van der Waals surface area contributed by atoms with Gasteiger partial charge in [0.2, 0.25) is 17.7 Å². The molecule has 268 valence electrons. The van der Waals surface area contributed by atoms with E-state index < -0.39 is 12.1 Å². The highest BCUT2D eigenvalue weighted by Gasteiger charge is 2.35. The lowest BCUT2D eigenvalue weighted by atomic mass is 9.94. The Balaban J connectivity index is 1.51. The predicted octanol–water partition coefficient (Wildman–Crippen LogP) is 5.40. The standard InChI is InChI=1S/C39H57N5O5/c1-5-42(6-2)37(46)32-17-14-24-44(27-32)38(47)35(26-30-18-20-33(21-19-30)49-28-31-15-10-9-11-16-31)40-36(45)34(25-29(3)4)41-39(48)43-22-12-7-8-13-23-43/h9-11,15-16,18-21,29,32,34-35H,5-8,12-14,17,22-28H2,1-4H3,(H,40,45)(H,41,48)/t32?,34-,35-/m0/s1. The molecule has 0 bridgehead atoms. The van der Waals surface area contributed by atoms with E-state index in [1.165, 1.54) is 0 Å². The SMILES string of the molecule is CCN(CC)C(=O)C1CCCN(C(=O)[C@H](Cc2ccc(OCc3ccccc3)cc2)NC(=O)[C@H](CC(C)C)NC(=O)N2CCCCCC2)C1. The Kier molecular flexibility index (Phi) is 14.8. The van der Waals surface area contributed by atoms with Crippen LogP contribution in [-0.2, 0) is 27.4 Å². The molecule has 2 fully saturated rings. The van der Waals surface area contributed by atoms with Gasteiger partial charge in [0.05, 0.1) is 5.92 Å². The summed E-state index contributed by atoms with van der Waals surface area (Å²) in [6.45, 7) is 11.9. The average molecular weight is 676 g/mol. The molecule has 2 saturated heterocycles. The van der Waals surface area contributed by atoms with E-state index in [1.807, 2.05) is 87.2 Å². The molecule has 0 radical (unpaired) electrons. The molecule has 3 atom stereocenters. The fourth-order valence-electron chi connectivity index (χ4n) is 6.78. The summed E-state index contributed by atoms with van der Waals surface area (Å²) in [5.41, 5.74) is 1.94. The molecule has 2 aromatic carbocycles. The minimum Gasteiger partial charge on any atom is -0.489 e. The highest BCUT2D eigenvalue weighted by molar-refractivity contribution is 5.92. The smallest absolute Gasteiger partial charge is 0.318 e. The molecule has 0 spiro atoms. The van der Waals surface area contributed by atoms with Crippen LogP contribution in [0.15, 0.2) is 54.6 Å². The molecule has 2 heterocycles. The lowest BCUT2D eigenvalue weighted by Gasteiger charge is -2.36. The van der Waals surface area contributed by atoms with Crippen LogP contribution in [0.2, 0.25) is 0 Å². The van der Waals surface area contributed by atoms with Crippen molar-refractivity contribution in [2.75, 3.05) is 39.3 Å². The highest BCUT2D eigenvalue weighted by atomic mass is 16.5. The fraction of sp³-hybridized carbons (Fsp3) is 0.590. The number of benzene rings is 2. The Bertz CT molecular complexity index is 1340. The van der Waals surface area contributed by atoms with Crippen molar-refractivity contribution in [3.8, 4) is 5.75 Å². The molecule has 2 aliphatic heterocycles. The van der Waals surface area contributed by atoms with Crippen LogP contribution in [0.3, 0.4) is 0 Å². The van der Waals surface area contributed by atoms with E-state index in [4.69, 9.17) is 4.74 Å². The number of likely N-dealkylation sites (tertiary alicyclic amines) is 2. The largest absolute Gasteiger partial charge is 0.489 e. The fourth-order valence-corrected chi connectivity index (χ4v) is 6.78. The van der Waals surface area contributed by atoms with Gasteiger partial charge in [-0.15, -0.1) is 0 Å². The summed E-state index contributed by atoms with van der Waals surface area (Å²) in [6, 6.07) is 15.7. The number of carbonyl (C=O) groups is 4. The molecular formula is C39H57N5O5. The summed E-state index contributed by atoms with van der Waals surface area (Å²) in [7, 11) is 0. The van der Waals surface area contributed by atoms with Crippen LogP contribution in [0.1, 0.15) is 83.8 Å². The lowest BCUT2D eigenvalue weighted by molar-refractivity contribution is -0.143. The van der Waals surface area contributed by atoms with E-state index in [9.17, 15) is 19.2 Å². The van der Waals surface area contributed by atoms with E-state index in [2.05, 4.69) is 10.6 Å². The number of hydrogen-bond donors (Lipinski definition) is 2. The van der Waals surface area contributed by atoms with Crippen molar-refractivity contribution < 1.29 is 23.9 Å². The third-order valence-corrected chi connectivity index (χ3v) is 9.60. The minimum absolute atomic E-state index is 0.0717. The molecule has 5 amide bonds. The molecule has 2 aromatic rings. The second-order valence-electron chi connectivity index (χ2n) is 13.9. The third-order valence-electron chi connectivity index (χ3n) is 9.60. The maximum absolute atomic E-state index is 14.3. The summed E-state index contributed by atoms with van der Waals surface area (Å²) in [6.07, 6.45) is 6.28. The monoisotopic (exact) mass is 675 g/mol. The zero-order valence-electron chi connectivity index (χ0n) is 30.0. The number of piperidine rings is 1. The van der Waals surface area contributed by atoms with Crippen LogP contribution in [-0.4, -0.2) is 89.8 Å². The summed E-state index contributed by atoms with van der Waals surface area (Å²) >= 11 is 0. The van der Waals surface area contributed by atoms with Crippen LogP contribution in [0.4, 0.5) is 4.79 Å². The number of nitrogens with one attached hydrogen (secondary N) is 2. The summed E-state index contributed by atoms with van der Waals surface area (Å²) < 4.78 is 5.97. The zero-order valence-corrected chi connectivity index (χ0v) is 30.0. The molecule has 2 N–H and O–H groups in total. The van der Waals surface area contributed by atoms with E-state index in [0.717, 1.165) is 49.7 Å². The molecule has 49 heavy (non-hydrogen) atoms. The van der Waals surface area contributed by atoms with Crippen LogP contribution in [0.25, 0.3) is 0 Å². The van der Waals surface area contributed by atoms with Crippen molar-refractivity contribution in [1.82, 2.24) is 25.3 Å². The first kappa shape index (κ1) is 37.7. The molecule has 4 rings (SSSR count). The van der Waals surface area contributed by atoms with Gasteiger partial charge in [0.25, 0.3) is 0 Å². The van der Waals surface area contributed by atoms with Crippen LogP contribution >= 0.6 is 0 Å². The summed E-state index contributed by atoms with van der Waals surface area (Å²) in [5.74, 6) is 0.0787. The van der Waals surface area contributed by atoms with Gasteiger partial charge in [-0.25, -0.2) is 4.79 Å². The summed E-state index contributed by atoms with van der Waals surface area (Å²) in [5, 5.41) is 6.05. The van der Waals surface area contributed by atoms with Crippen molar-refractivity contribution >= 4 is 23.8 Å². The van der Waals surface area contributed by atoms with Gasteiger partial charge in [-0.3, -0.25) is 14.4 Å². The molecule has 10 nitrogen and oxygen atoms in total. The summed E-state index contributed by atoms with van der Waals surface area (Å²) in [4.78, 5) is 60.1. The normalized spacial score (nSPS) is 17.9. The van der Waals surface area contributed by atoms with Crippen LogP contribution in [0, 0.1) is 11.8 Å². The number of amides is 5. The second-order valence-corrected chi connectivity index (χ2v) is 13.9. The van der Waals surface area contributed by atoms with Crippen molar-refractivity contribution in [1.29, 1.82) is 0 Å². The lowest BCUT2D eigenvalue weighted by Crippen LogP contribution is -2.58. The third kappa shape index (κ3) is 11.5. The first-order chi connectivity index (χ1) is 23.7. The maximum atomic E-state index is 14.3. The van der Waals surface area contributed by atoms with E-state index in [1.54, 1.807) is 9.80 Å². The van der Waals surface area contributed by atoms with Crippen molar-refractivity contribution in [3.05, 3.63) is 65.7 Å². The average Bonchev–Trinajstić information content (AvgIpc) is 3.41. The van der Waals surface area contributed by atoms with Gasteiger partial charge in [0.1, 0.15) is 24.4 Å². The van der Waals surface area contributed by atoms with E-state index in [0.29, 0.717) is 58.0 Å². The Labute approximate surface area is 292 Å². The number of nitrogens with zero attached hydrogens (tertiary/aromatic N) is 3. The number of hydrogen-bond acceptors (Lipinski definition) is 5. The van der Waals surface area contributed by atoms with Gasteiger partial charge in [-0.1, -0.05) is 69.2 Å². The molecule has 10 heteroatoms. The Morgan fingerprint density at radius 2 is 1.45 bits per heavy atom. The van der Waals surface area contributed by atoms with Gasteiger partial charge < -0.3 is 30.1 Å². The predicted molar refractivity (Wildman–Crippen MR) is 192 cm³/mol. The van der Waals surface area contributed by atoms with Gasteiger partial charge in [0.15, 0.2) is 0 Å². The topological polar surface area (TPSA) is 111 Å². The first-order valence-electron chi connectivity index (χ1n) is 18.4. The minimum atomic E-state index is -0.865. The molecule has 1 unspecified atom stereocenters. The van der Waals surface area contributed by atoms with Crippen molar-refractivity contribution in [2.45, 2.75) is 97.8 Å². The Hall–Kier alpha value is -4.08.